The highest BCUT2D eigenvalue weighted by molar-refractivity contribution is 6.31. The highest BCUT2D eigenvalue weighted by Gasteiger charge is 2.12. The molecule has 0 aliphatic heterocycles. The van der Waals surface area contributed by atoms with Crippen LogP contribution in [0.5, 0.6) is 5.75 Å². The second-order valence-electron chi connectivity index (χ2n) is 6.19. The maximum atomic E-state index is 12.6. The number of hydrogen-bond acceptors (Lipinski definition) is 4. The first-order valence-corrected chi connectivity index (χ1v) is 8.78. The number of hydrogen-bond donors (Lipinski definition) is 2. The molecule has 2 N–H and O–H groups in total. The molecular weight excluding hydrogens is 362 g/mol. The minimum absolute atomic E-state index is 0.299. The molecule has 5 nitrogen and oxygen atoms in total. The van der Waals surface area contributed by atoms with Gasteiger partial charge in [-0.3, -0.25) is 9.78 Å². The number of aromatic nitrogens is 1. The van der Waals surface area contributed by atoms with Crippen LogP contribution in [-0.2, 0) is 0 Å². The van der Waals surface area contributed by atoms with Gasteiger partial charge in [0.25, 0.3) is 5.91 Å². The first-order valence-electron chi connectivity index (χ1n) is 8.40. The zero-order valence-corrected chi connectivity index (χ0v) is 16.1. The van der Waals surface area contributed by atoms with Crippen LogP contribution in [0.1, 0.15) is 21.5 Å². The van der Waals surface area contributed by atoms with Crippen LogP contribution >= 0.6 is 11.6 Å². The predicted molar refractivity (Wildman–Crippen MR) is 109 cm³/mol. The molecule has 0 radical (unpaired) electrons. The Balaban J connectivity index is 1.79. The van der Waals surface area contributed by atoms with E-state index in [1.165, 1.54) is 24.4 Å². The van der Waals surface area contributed by atoms with Crippen LogP contribution in [0.15, 0.2) is 54.9 Å². The number of aryl methyl sites for hydroxylation is 2. The van der Waals surface area contributed by atoms with E-state index in [-0.39, 0.29) is 5.91 Å². The summed E-state index contributed by atoms with van der Waals surface area (Å²) < 4.78 is 5.26. The molecule has 1 aromatic heterocycles. The average Bonchev–Trinajstić information content (AvgIpc) is 2.65. The maximum absolute atomic E-state index is 12.6. The van der Waals surface area contributed by atoms with Gasteiger partial charge in [-0.1, -0.05) is 17.7 Å². The summed E-state index contributed by atoms with van der Waals surface area (Å²) in [6, 6.07) is 12.9. The molecule has 2 aromatic carbocycles. The van der Waals surface area contributed by atoms with Gasteiger partial charge in [0, 0.05) is 16.9 Å². The monoisotopic (exact) mass is 381 g/mol. The summed E-state index contributed by atoms with van der Waals surface area (Å²) in [5.41, 5.74) is 5.00. The first-order chi connectivity index (χ1) is 13.0. The summed E-state index contributed by atoms with van der Waals surface area (Å²) in [5.74, 6) is 0.233. The van der Waals surface area contributed by atoms with Crippen molar-refractivity contribution in [3.05, 3.63) is 76.6 Å². The number of halogens is 1. The third-order valence-corrected chi connectivity index (χ3v) is 4.44. The van der Waals surface area contributed by atoms with Crippen LogP contribution < -0.4 is 15.4 Å². The van der Waals surface area contributed by atoms with Gasteiger partial charge in [0.1, 0.15) is 5.75 Å². The molecule has 3 rings (SSSR count). The lowest BCUT2D eigenvalue weighted by Crippen LogP contribution is -2.13. The van der Waals surface area contributed by atoms with Gasteiger partial charge in [-0.15, -0.1) is 0 Å². The largest absolute Gasteiger partial charge is 0.495 e. The van der Waals surface area contributed by atoms with E-state index >= 15 is 0 Å². The van der Waals surface area contributed by atoms with E-state index in [1.54, 1.807) is 30.5 Å². The van der Waals surface area contributed by atoms with Gasteiger partial charge in [-0.2, -0.15) is 0 Å². The molecule has 0 saturated heterocycles. The number of ether oxygens (including phenoxy) is 1. The van der Waals surface area contributed by atoms with Crippen LogP contribution in [0.3, 0.4) is 0 Å². The van der Waals surface area contributed by atoms with Crippen molar-refractivity contribution in [2.45, 2.75) is 13.8 Å². The SMILES string of the molecule is COc1ccc(Cl)cc1NC(=O)c1cncc(Nc2ccc(C)c(C)c2)c1. The van der Waals surface area contributed by atoms with Gasteiger partial charge in [-0.05, 0) is 61.4 Å². The van der Waals surface area contributed by atoms with Gasteiger partial charge in [0.05, 0.1) is 30.2 Å². The summed E-state index contributed by atoms with van der Waals surface area (Å²) in [7, 11) is 1.54. The molecule has 0 aliphatic carbocycles. The zero-order valence-electron chi connectivity index (χ0n) is 15.3. The summed E-state index contributed by atoms with van der Waals surface area (Å²) >= 11 is 6.01. The lowest BCUT2D eigenvalue weighted by atomic mass is 10.1. The molecule has 3 aromatic rings. The van der Waals surface area contributed by atoms with E-state index in [0.29, 0.717) is 22.0 Å². The molecule has 27 heavy (non-hydrogen) atoms. The molecule has 0 atom stereocenters. The van der Waals surface area contributed by atoms with Crippen molar-refractivity contribution in [2.75, 3.05) is 17.7 Å². The Labute approximate surface area is 163 Å². The number of carbonyl (C=O) groups is 1. The Hall–Kier alpha value is -3.05. The van der Waals surface area contributed by atoms with Crippen LogP contribution in [0.25, 0.3) is 0 Å². The topological polar surface area (TPSA) is 63.2 Å². The first kappa shape index (κ1) is 18.7. The molecule has 0 bridgehead atoms. The normalized spacial score (nSPS) is 10.4. The zero-order chi connectivity index (χ0) is 19.4. The fourth-order valence-corrected chi connectivity index (χ4v) is 2.76. The summed E-state index contributed by atoms with van der Waals surface area (Å²) in [6.45, 7) is 4.12. The van der Waals surface area contributed by atoms with E-state index in [1.807, 2.05) is 12.1 Å². The number of rotatable bonds is 5. The smallest absolute Gasteiger partial charge is 0.257 e. The number of carbonyl (C=O) groups excluding carboxylic acids is 1. The van der Waals surface area contributed by atoms with Crippen LogP contribution in [-0.4, -0.2) is 18.0 Å². The molecule has 0 unspecified atom stereocenters. The highest BCUT2D eigenvalue weighted by atomic mass is 35.5. The van der Waals surface area contributed by atoms with Crippen molar-refractivity contribution in [3.8, 4) is 5.75 Å². The molecular formula is C21H20ClN3O2. The van der Waals surface area contributed by atoms with Crippen molar-refractivity contribution < 1.29 is 9.53 Å². The van der Waals surface area contributed by atoms with Crippen LogP contribution in [0.4, 0.5) is 17.1 Å². The van der Waals surface area contributed by atoms with Crippen LogP contribution in [0, 0.1) is 13.8 Å². The highest BCUT2D eigenvalue weighted by Crippen LogP contribution is 2.28. The molecule has 0 fully saturated rings. The number of nitrogens with zero attached hydrogens (tertiary/aromatic N) is 1. The Morgan fingerprint density at radius 2 is 1.81 bits per heavy atom. The Kier molecular flexibility index (Phi) is 5.62. The minimum Gasteiger partial charge on any atom is -0.495 e. The molecule has 0 saturated carbocycles. The van der Waals surface area contributed by atoms with Crippen molar-refractivity contribution in [2.24, 2.45) is 0 Å². The van der Waals surface area contributed by atoms with Gasteiger partial charge < -0.3 is 15.4 Å². The van der Waals surface area contributed by atoms with Crippen LogP contribution in [0.2, 0.25) is 5.02 Å². The van der Waals surface area contributed by atoms with Gasteiger partial charge in [0.15, 0.2) is 0 Å². The van der Waals surface area contributed by atoms with E-state index in [4.69, 9.17) is 16.3 Å². The van der Waals surface area contributed by atoms with Gasteiger partial charge in [-0.25, -0.2) is 0 Å². The molecule has 6 heteroatoms. The molecule has 0 spiro atoms. The molecule has 1 amide bonds. The third-order valence-electron chi connectivity index (χ3n) is 4.21. The standard InChI is InChI=1S/C21H20ClN3O2/c1-13-4-6-17(8-14(13)2)24-18-9-15(11-23-12-18)21(26)25-19-10-16(22)5-7-20(19)27-3/h4-12,24H,1-3H3,(H,25,26). The lowest BCUT2D eigenvalue weighted by Gasteiger charge is -2.12. The lowest BCUT2D eigenvalue weighted by molar-refractivity contribution is 0.102. The number of methoxy groups -OCH3 is 1. The third kappa shape index (κ3) is 4.57. The van der Waals surface area contributed by atoms with Crippen molar-refractivity contribution in [3.63, 3.8) is 0 Å². The van der Waals surface area contributed by atoms with Gasteiger partial charge in [0.2, 0.25) is 0 Å². The number of nitrogens with one attached hydrogen (secondary N) is 2. The number of anilines is 3. The molecule has 0 aliphatic rings. The second-order valence-corrected chi connectivity index (χ2v) is 6.62. The number of amides is 1. The van der Waals surface area contributed by atoms with Gasteiger partial charge >= 0.3 is 0 Å². The van der Waals surface area contributed by atoms with E-state index in [0.717, 1.165) is 11.4 Å². The number of pyridine rings is 1. The summed E-state index contributed by atoms with van der Waals surface area (Å²) in [4.78, 5) is 16.8. The van der Waals surface area contributed by atoms with E-state index in [9.17, 15) is 4.79 Å². The maximum Gasteiger partial charge on any atom is 0.257 e. The molecule has 1 heterocycles. The van der Waals surface area contributed by atoms with E-state index in [2.05, 4.69) is 35.5 Å². The number of benzene rings is 2. The fraction of sp³-hybridized carbons (Fsp3) is 0.143. The molecule has 138 valence electrons. The fourth-order valence-electron chi connectivity index (χ4n) is 2.59. The van der Waals surface area contributed by atoms with E-state index < -0.39 is 0 Å². The predicted octanol–water partition coefficient (Wildman–Crippen LogP) is 5.36. The second kappa shape index (κ2) is 8.10. The van der Waals surface area contributed by atoms with Crippen molar-refractivity contribution in [1.82, 2.24) is 4.98 Å². The Bertz CT molecular complexity index is 989. The summed E-state index contributed by atoms with van der Waals surface area (Å²) in [6.07, 6.45) is 3.18. The van der Waals surface area contributed by atoms with Crippen molar-refractivity contribution >= 4 is 34.6 Å². The minimum atomic E-state index is -0.299. The average molecular weight is 382 g/mol. The Morgan fingerprint density at radius 3 is 2.56 bits per heavy atom. The summed E-state index contributed by atoms with van der Waals surface area (Å²) in [5, 5.41) is 6.59. The van der Waals surface area contributed by atoms with Crippen molar-refractivity contribution in [1.29, 1.82) is 0 Å². The quantitative estimate of drug-likeness (QED) is 0.624. The Morgan fingerprint density at radius 1 is 1.00 bits per heavy atom.